The number of ether oxygens (including phenoxy) is 6. The molecule has 1 N–H and O–H groups in total. The van der Waals surface area contributed by atoms with E-state index in [1.807, 2.05) is 0 Å². The maximum absolute atomic E-state index is 13.3. The average Bonchev–Trinajstić information content (AvgIpc) is 3.65. The van der Waals surface area contributed by atoms with Crippen LogP contribution in [0.4, 0.5) is 0 Å². The summed E-state index contributed by atoms with van der Waals surface area (Å²) in [5, 5.41) is 17.4. The summed E-state index contributed by atoms with van der Waals surface area (Å²) in [7, 11) is -7.66. The Morgan fingerprint density at radius 1 is 0.736 bits per heavy atom. The third-order valence-electron chi connectivity index (χ3n) is 8.11. The zero-order valence-electron chi connectivity index (χ0n) is 31.7. The summed E-state index contributed by atoms with van der Waals surface area (Å²) in [4.78, 5) is 30.5. The van der Waals surface area contributed by atoms with E-state index in [2.05, 4.69) is 20.1 Å². The van der Waals surface area contributed by atoms with E-state index in [-0.39, 0.29) is 52.5 Å². The van der Waals surface area contributed by atoms with E-state index in [9.17, 15) is 23.8 Å². The van der Waals surface area contributed by atoms with Crippen molar-refractivity contribution in [2.45, 2.75) is 141 Å². The first-order chi connectivity index (χ1) is 25.0. The third kappa shape index (κ3) is 12.3. The molecule has 0 radical (unpaired) electrons. The van der Waals surface area contributed by atoms with Crippen LogP contribution in [0.2, 0.25) is 0 Å². The lowest BCUT2D eigenvalue weighted by atomic mass is 10.0. The number of carbonyl (C=O) groups is 2. The summed E-state index contributed by atoms with van der Waals surface area (Å²) < 4.78 is 80.6. The molecule has 3 aliphatic rings. The Bertz CT molecular complexity index is 1380. The predicted octanol–water partition coefficient (Wildman–Crippen LogP) is 5.53. The number of nitrogens with zero attached hydrogens (tertiary/aromatic N) is 6. The molecular weight excluding hydrogens is 746 g/mol. The highest BCUT2D eigenvalue weighted by Gasteiger charge is 2.57. The predicted molar refractivity (Wildman–Crippen MR) is 187 cm³/mol. The molecule has 3 heterocycles. The van der Waals surface area contributed by atoms with Crippen molar-refractivity contribution in [2.24, 2.45) is 10.2 Å². The van der Waals surface area contributed by atoms with Crippen LogP contribution in [-0.4, -0.2) is 123 Å². The summed E-state index contributed by atoms with van der Waals surface area (Å²) in [6, 6.07) is -1.68. The van der Waals surface area contributed by atoms with Gasteiger partial charge < -0.3 is 51.6 Å². The molecule has 3 fully saturated rings. The number of esters is 2. The Labute approximate surface area is 309 Å². The van der Waals surface area contributed by atoms with Crippen molar-refractivity contribution in [3.63, 3.8) is 0 Å². The number of azide groups is 2. The molecule has 10 unspecified atom stereocenters. The average molecular weight is 801 g/mol. The quantitative estimate of drug-likeness (QED) is 0.0521. The van der Waals surface area contributed by atoms with Gasteiger partial charge >= 0.3 is 27.1 Å². The third-order valence-corrected chi connectivity index (χ3v) is 13.0. The van der Waals surface area contributed by atoms with E-state index in [1.54, 1.807) is 62.3 Å². The zero-order valence-corrected chi connectivity index (χ0v) is 33.5. The van der Waals surface area contributed by atoms with Gasteiger partial charge in [0, 0.05) is 9.82 Å². The highest BCUT2D eigenvalue weighted by molar-refractivity contribution is 7.56. The van der Waals surface area contributed by atoms with Crippen molar-refractivity contribution in [1.82, 2.24) is 0 Å². The number of hydrogen-bond donors (Lipinski definition) is 1. The van der Waals surface area contributed by atoms with Gasteiger partial charge in [-0.15, -0.1) is 0 Å². The molecule has 3 aliphatic heterocycles. The van der Waals surface area contributed by atoms with Crippen LogP contribution in [0.25, 0.3) is 20.9 Å². The SMILES string of the molecule is CCOC(=O)C(CC1OC(C)C(O)C1N=[N+]=[N-])P(=O)(OCC)OCC.CCOC(=O)C(CC1OC2OC(C)(C)OC2C1N=[N+]=[N-])P(=O)(OCC)OCC. The van der Waals surface area contributed by atoms with Crippen LogP contribution in [0.1, 0.15) is 75.2 Å². The van der Waals surface area contributed by atoms with Gasteiger partial charge in [-0.25, -0.2) is 0 Å². The molecule has 0 aliphatic carbocycles. The molecule has 304 valence electrons. The normalized spacial score (nSPS) is 28.7. The molecule has 0 amide bonds. The minimum absolute atomic E-state index is 0.0809. The lowest BCUT2D eigenvalue weighted by Gasteiger charge is -2.29. The molecule has 21 nitrogen and oxygen atoms in total. The number of aliphatic hydroxyl groups is 1. The maximum atomic E-state index is 13.3. The van der Waals surface area contributed by atoms with E-state index < -0.39 is 93.1 Å². The van der Waals surface area contributed by atoms with Crippen LogP contribution in [0.3, 0.4) is 0 Å². The Morgan fingerprint density at radius 3 is 1.55 bits per heavy atom. The van der Waals surface area contributed by atoms with E-state index in [0.29, 0.717) is 0 Å². The molecule has 53 heavy (non-hydrogen) atoms. The van der Waals surface area contributed by atoms with Crippen molar-refractivity contribution in [1.29, 1.82) is 0 Å². The summed E-state index contributed by atoms with van der Waals surface area (Å²) in [6.45, 7) is 15.4. The summed E-state index contributed by atoms with van der Waals surface area (Å²) >= 11 is 0. The lowest BCUT2D eigenvalue weighted by molar-refractivity contribution is -0.207. The second kappa shape index (κ2) is 21.7. The van der Waals surface area contributed by atoms with Crippen molar-refractivity contribution in [2.75, 3.05) is 39.6 Å². The van der Waals surface area contributed by atoms with Crippen molar-refractivity contribution in [3.8, 4) is 0 Å². The van der Waals surface area contributed by atoms with Crippen LogP contribution in [0, 0.1) is 0 Å². The number of carbonyl (C=O) groups excluding carboxylic acids is 2. The summed E-state index contributed by atoms with van der Waals surface area (Å²) in [5.41, 5.74) is 15.2. The van der Waals surface area contributed by atoms with Gasteiger partial charge in [0.15, 0.2) is 23.4 Å². The van der Waals surface area contributed by atoms with Gasteiger partial charge in [-0.2, -0.15) is 0 Å². The van der Waals surface area contributed by atoms with Gasteiger partial charge in [-0.3, -0.25) is 18.7 Å². The van der Waals surface area contributed by atoms with Crippen LogP contribution in [0.15, 0.2) is 10.2 Å². The Balaban J connectivity index is 0.000000370. The smallest absolute Gasteiger partial charge is 0.344 e. The fourth-order valence-electron chi connectivity index (χ4n) is 6.06. The molecule has 0 spiro atoms. The van der Waals surface area contributed by atoms with E-state index in [4.69, 9.17) is 57.6 Å². The van der Waals surface area contributed by atoms with Crippen LogP contribution in [0.5, 0.6) is 0 Å². The van der Waals surface area contributed by atoms with Gasteiger partial charge in [0.2, 0.25) is 0 Å². The monoisotopic (exact) mass is 800 g/mol. The van der Waals surface area contributed by atoms with Crippen molar-refractivity contribution in [3.05, 3.63) is 20.9 Å². The standard InChI is InChI=1S/C16H28N3O8P.C14H26N3O7P/c1-6-22-14(20)11(28(21,23-7-2)24-8-3)9-10-12(18-19-17)13-15(25-10)27-16(4,5)26-13;1-5-21-14(19)11(25(20,22-6-2)23-7-3)8-10-12(16-17-15)13(18)9(4)24-10/h10-13,15H,6-9H2,1-5H3;9-13,18H,5-8H2,1-4H3. The maximum Gasteiger partial charge on any atom is 0.344 e. The second-order valence-electron chi connectivity index (χ2n) is 12.2. The number of rotatable bonds is 20. The molecular formula is C30H54N6O15P2. The largest absolute Gasteiger partial charge is 0.465 e. The molecule has 0 saturated carbocycles. The minimum Gasteiger partial charge on any atom is -0.465 e. The van der Waals surface area contributed by atoms with Crippen molar-refractivity contribution >= 4 is 27.1 Å². The summed E-state index contributed by atoms with van der Waals surface area (Å²) in [5.74, 6) is -2.36. The lowest BCUT2D eigenvalue weighted by Crippen LogP contribution is -2.37. The molecule has 10 atom stereocenters. The molecule has 0 aromatic heterocycles. The molecule has 0 aromatic carbocycles. The van der Waals surface area contributed by atoms with Gasteiger partial charge in [0.25, 0.3) is 0 Å². The van der Waals surface area contributed by atoms with Crippen molar-refractivity contribution < 1.29 is 70.3 Å². The minimum atomic E-state index is -3.84. The highest BCUT2D eigenvalue weighted by Crippen LogP contribution is 2.57. The molecule has 0 bridgehead atoms. The first kappa shape index (κ1) is 46.8. The molecule has 0 aromatic rings. The molecule has 23 heteroatoms. The Morgan fingerprint density at radius 2 is 1.15 bits per heavy atom. The zero-order chi connectivity index (χ0) is 40.0. The Kier molecular flexibility index (Phi) is 19.1. The Hall–Kier alpha value is -2.34. The second-order valence-corrected chi connectivity index (χ2v) is 16.6. The van der Waals surface area contributed by atoms with Crippen LogP contribution < -0.4 is 0 Å². The van der Waals surface area contributed by atoms with E-state index in [1.165, 1.54) is 0 Å². The first-order valence-electron chi connectivity index (χ1n) is 17.6. The fourth-order valence-corrected chi connectivity index (χ4v) is 9.97. The summed E-state index contributed by atoms with van der Waals surface area (Å²) in [6.07, 6.45) is -4.85. The topological polar surface area (TPSA) is 278 Å². The highest BCUT2D eigenvalue weighted by atomic mass is 31.2. The molecule has 3 rings (SSSR count). The van der Waals surface area contributed by atoms with Gasteiger partial charge in [-0.1, -0.05) is 10.2 Å². The molecule has 3 saturated heterocycles. The number of fused-ring (bicyclic) bond motifs is 1. The van der Waals surface area contributed by atoms with Crippen LogP contribution in [-0.2, 0) is 65.2 Å². The van der Waals surface area contributed by atoms with Gasteiger partial charge in [0.1, 0.15) is 6.10 Å². The van der Waals surface area contributed by atoms with Gasteiger partial charge in [0.05, 0.1) is 76.1 Å². The number of aliphatic hydroxyl groups excluding tert-OH is 1. The number of hydrogen-bond acceptors (Lipinski definition) is 17. The fraction of sp³-hybridized carbons (Fsp3) is 0.933. The van der Waals surface area contributed by atoms with E-state index in [0.717, 1.165) is 0 Å². The van der Waals surface area contributed by atoms with E-state index >= 15 is 0 Å². The first-order valence-corrected chi connectivity index (χ1v) is 20.8. The van der Waals surface area contributed by atoms with Crippen LogP contribution >= 0.6 is 15.2 Å². The van der Waals surface area contributed by atoms with Gasteiger partial charge in [-0.05, 0) is 86.2 Å².